The number of nitrogens with one attached hydrogen (secondary N) is 1. The molecule has 0 saturated carbocycles. The van der Waals surface area contributed by atoms with E-state index in [9.17, 15) is 9.59 Å². The number of benzene rings is 3. The quantitative estimate of drug-likeness (QED) is 0.284. The predicted molar refractivity (Wildman–Crippen MR) is 147 cm³/mol. The van der Waals surface area contributed by atoms with Gasteiger partial charge in [-0.3, -0.25) is 14.6 Å². The Morgan fingerprint density at radius 3 is 2.08 bits per heavy atom. The molecule has 4 aromatic rings. The van der Waals surface area contributed by atoms with E-state index in [0.29, 0.717) is 30.8 Å². The average Bonchev–Trinajstić information content (AvgIpc) is 2.95. The summed E-state index contributed by atoms with van der Waals surface area (Å²) < 4.78 is 0. The van der Waals surface area contributed by atoms with Crippen molar-refractivity contribution in [2.24, 2.45) is 0 Å². The molecule has 1 unspecified atom stereocenters. The van der Waals surface area contributed by atoms with Crippen LogP contribution in [-0.2, 0) is 35.5 Å². The number of amides is 2. The van der Waals surface area contributed by atoms with Gasteiger partial charge in [0.05, 0.1) is 12.2 Å². The Hall–Kier alpha value is -3.96. The number of nitrogens with zero attached hydrogens (tertiary/aromatic N) is 2. The molecule has 2 amide bonds. The molecular weight excluding hydrogens is 482 g/mol. The van der Waals surface area contributed by atoms with Gasteiger partial charge in [-0.25, -0.2) is 0 Å². The normalized spacial score (nSPS) is 11.5. The van der Waals surface area contributed by atoms with Crippen molar-refractivity contribution in [2.75, 3.05) is 0 Å². The van der Waals surface area contributed by atoms with Crippen molar-refractivity contribution in [2.45, 2.75) is 38.4 Å². The summed E-state index contributed by atoms with van der Waals surface area (Å²) in [7, 11) is 0. The molecular formula is C31H30ClN3O2. The van der Waals surface area contributed by atoms with Crippen LogP contribution in [0.3, 0.4) is 0 Å². The summed E-state index contributed by atoms with van der Waals surface area (Å²) in [6.45, 7) is 0.594. The molecule has 0 aliphatic heterocycles. The predicted octanol–water partition coefficient (Wildman–Crippen LogP) is 5.62. The van der Waals surface area contributed by atoms with Crippen LogP contribution >= 0.6 is 11.6 Å². The summed E-state index contributed by atoms with van der Waals surface area (Å²) in [6.07, 6.45) is 3.00. The van der Waals surface area contributed by atoms with Crippen molar-refractivity contribution in [3.8, 4) is 0 Å². The number of rotatable bonds is 11. The second-order valence-electron chi connectivity index (χ2n) is 8.88. The minimum atomic E-state index is -0.690. The summed E-state index contributed by atoms with van der Waals surface area (Å²) in [5.74, 6) is -0.288. The number of aryl methyl sites for hydroxylation is 1. The molecule has 6 heteroatoms. The van der Waals surface area contributed by atoms with Crippen LogP contribution in [0.4, 0.5) is 0 Å². The number of pyridine rings is 1. The highest BCUT2D eigenvalue weighted by atomic mass is 35.5. The number of carbonyl (C=O) groups is 2. The van der Waals surface area contributed by atoms with Crippen LogP contribution in [0.15, 0.2) is 109 Å². The molecule has 188 valence electrons. The van der Waals surface area contributed by atoms with Crippen molar-refractivity contribution in [1.82, 2.24) is 15.2 Å². The van der Waals surface area contributed by atoms with Crippen LogP contribution in [0, 0.1) is 0 Å². The molecule has 37 heavy (non-hydrogen) atoms. The van der Waals surface area contributed by atoms with E-state index in [1.807, 2.05) is 91.0 Å². The van der Waals surface area contributed by atoms with Crippen LogP contribution < -0.4 is 5.32 Å². The van der Waals surface area contributed by atoms with Gasteiger partial charge >= 0.3 is 0 Å². The lowest BCUT2D eigenvalue weighted by molar-refractivity contribution is -0.141. The molecule has 0 aliphatic carbocycles. The maximum absolute atomic E-state index is 13.7. The molecule has 0 spiro atoms. The molecule has 0 aliphatic rings. The van der Waals surface area contributed by atoms with E-state index >= 15 is 0 Å². The van der Waals surface area contributed by atoms with E-state index in [0.717, 1.165) is 22.4 Å². The van der Waals surface area contributed by atoms with Crippen molar-refractivity contribution in [3.05, 3.63) is 137 Å². The van der Waals surface area contributed by atoms with Crippen molar-refractivity contribution in [1.29, 1.82) is 0 Å². The summed E-state index contributed by atoms with van der Waals surface area (Å²) >= 11 is 6.10. The molecule has 1 atom stereocenters. The zero-order chi connectivity index (χ0) is 25.9. The highest BCUT2D eigenvalue weighted by molar-refractivity contribution is 6.30. The van der Waals surface area contributed by atoms with Gasteiger partial charge in [-0.15, -0.1) is 0 Å². The molecule has 4 rings (SSSR count). The van der Waals surface area contributed by atoms with Gasteiger partial charge in [-0.2, -0.15) is 0 Å². The average molecular weight is 512 g/mol. The summed E-state index contributed by atoms with van der Waals surface area (Å²) in [6, 6.07) is 32.0. The summed E-state index contributed by atoms with van der Waals surface area (Å²) in [5.41, 5.74) is 3.74. The Labute approximate surface area is 223 Å². The maximum Gasteiger partial charge on any atom is 0.243 e. The smallest absolute Gasteiger partial charge is 0.243 e. The SMILES string of the molecule is O=C(NCc1ccccn1)C(Cc1ccccc1)N(Cc1ccc(Cl)cc1)C(=O)CCc1ccccc1. The fourth-order valence-corrected chi connectivity index (χ4v) is 4.30. The summed E-state index contributed by atoms with van der Waals surface area (Å²) in [5, 5.41) is 3.63. The van der Waals surface area contributed by atoms with Gasteiger partial charge in [0, 0.05) is 30.6 Å². The lowest BCUT2D eigenvalue weighted by Gasteiger charge is -2.31. The van der Waals surface area contributed by atoms with E-state index in [2.05, 4.69) is 10.3 Å². The Morgan fingerprint density at radius 1 is 0.784 bits per heavy atom. The topological polar surface area (TPSA) is 62.3 Å². The second-order valence-corrected chi connectivity index (χ2v) is 9.31. The van der Waals surface area contributed by atoms with Crippen molar-refractivity contribution < 1.29 is 9.59 Å². The molecule has 1 aromatic heterocycles. The number of halogens is 1. The van der Waals surface area contributed by atoms with Gasteiger partial charge in [0.25, 0.3) is 0 Å². The maximum atomic E-state index is 13.7. The molecule has 5 nitrogen and oxygen atoms in total. The van der Waals surface area contributed by atoms with Gasteiger partial charge in [0.2, 0.25) is 11.8 Å². The third-order valence-corrected chi connectivity index (χ3v) is 6.43. The molecule has 1 N–H and O–H groups in total. The Morgan fingerprint density at radius 2 is 1.43 bits per heavy atom. The van der Waals surface area contributed by atoms with Gasteiger partial charge in [0.1, 0.15) is 6.04 Å². The first-order chi connectivity index (χ1) is 18.1. The van der Waals surface area contributed by atoms with E-state index in [1.165, 1.54) is 0 Å². The number of hydrogen-bond donors (Lipinski definition) is 1. The Kier molecular flexibility index (Phi) is 9.44. The monoisotopic (exact) mass is 511 g/mol. The van der Waals surface area contributed by atoms with Gasteiger partial charge in [0.15, 0.2) is 0 Å². The summed E-state index contributed by atoms with van der Waals surface area (Å²) in [4.78, 5) is 33.3. The third-order valence-electron chi connectivity index (χ3n) is 6.18. The Bertz CT molecular complexity index is 1270. The largest absolute Gasteiger partial charge is 0.349 e. The lowest BCUT2D eigenvalue weighted by Crippen LogP contribution is -2.50. The number of hydrogen-bond acceptors (Lipinski definition) is 3. The van der Waals surface area contributed by atoms with Crippen LogP contribution in [0.2, 0.25) is 5.02 Å². The third kappa shape index (κ3) is 8.02. The molecule has 3 aromatic carbocycles. The first kappa shape index (κ1) is 26.1. The zero-order valence-corrected chi connectivity index (χ0v) is 21.4. The highest BCUT2D eigenvalue weighted by Crippen LogP contribution is 2.18. The van der Waals surface area contributed by atoms with Crippen LogP contribution in [0.25, 0.3) is 0 Å². The van der Waals surface area contributed by atoms with Crippen molar-refractivity contribution in [3.63, 3.8) is 0 Å². The fourth-order valence-electron chi connectivity index (χ4n) is 4.18. The number of carbonyl (C=O) groups excluding carboxylic acids is 2. The second kappa shape index (κ2) is 13.4. The van der Waals surface area contributed by atoms with Crippen LogP contribution in [-0.4, -0.2) is 27.7 Å². The van der Waals surface area contributed by atoms with Crippen LogP contribution in [0.1, 0.15) is 28.8 Å². The highest BCUT2D eigenvalue weighted by Gasteiger charge is 2.30. The van der Waals surface area contributed by atoms with Gasteiger partial charge in [-0.1, -0.05) is 90.5 Å². The minimum absolute atomic E-state index is 0.0762. The van der Waals surface area contributed by atoms with E-state index in [4.69, 9.17) is 11.6 Å². The Balaban J connectivity index is 1.60. The molecule has 0 fully saturated rings. The number of aromatic nitrogens is 1. The fraction of sp³-hybridized carbons (Fsp3) is 0.194. The molecule has 0 bridgehead atoms. The van der Waals surface area contributed by atoms with Crippen LogP contribution in [0.5, 0.6) is 0 Å². The molecule has 0 saturated heterocycles. The molecule has 1 heterocycles. The van der Waals surface area contributed by atoms with Crippen molar-refractivity contribution >= 4 is 23.4 Å². The molecule has 0 radical (unpaired) electrons. The first-order valence-corrected chi connectivity index (χ1v) is 12.8. The van der Waals surface area contributed by atoms with E-state index < -0.39 is 6.04 Å². The standard InChI is InChI=1S/C31H30ClN3O2/c32-27-17-14-26(15-18-27)23-35(30(36)19-16-24-9-3-1-4-10-24)29(21-25-11-5-2-6-12-25)31(37)34-22-28-13-7-8-20-33-28/h1-15,17-18,20,29H,16,19,21-23H2,(H,34,37). The van der Waals surface area contributed by atoms with E-state index in [-0.39, 0.29) is 18.4 Å². The van der Waals surface area contributed by atoms with Gasteiger partial charge < -0.3 is 10.2 Å². The minimum Gasteiger partial charge on any atom is -0.349 e. The zero-order valence-electron chi connectivity index (χ0n) is 20.6. The van der Waals surface area contributed by atoms with E-state index in [1.54, 1.807) is 23.2 Å². The lowest BCUT2D eigenvalue weighted by atomic mass is 10.0. The first-order valence-electron chi connectivity index (χ1n) is 12.4. The van der Waals surface area contributed by atoms with Gasteiger partial charge in [-0.05, 0) is 47.4 Å².